The zero-order chi connectivity index (χ0) is 8.53. The molecule has 0 aliphatic carbocycles. The van der Waals surface area contributed by atoms with Gasteiger partial charge in [0.1, 0.15) is 6.10 Å². The van der Waals surface area contributed by atoms with E-state index in [0.29, 0.717) is 13.2 Å². The van der Waals surface area contributed by atoms with Crippen LogP contribution in [0.5, 0.6) is 0 Å². The lowest BCUT2D eigenvalue weighted by Gasteiger charge is -2.08. The van der Waals surface area contributed by atoms with E-state index in [1.54, 1.807) is 0 Å². The van der Waals surface area contributed by atoms with Gasteiger partial charge in [0.05, 0.1) is 13.2 Å². The topological polar surface area (TPSA) is 18.5 Å². The molecule has 2 nitrogen and oxygen atoms in total. The molecule has 0 saturated carbocycles. The molecule has 0 aliphatic heterocycles. The van der Waals surface area contributed by atoms with E-state index in [2.05, 4.69) is 5.92 Å². The number of hydrogen-bond acceptors (Lipinski definition) is 2. The Morgan fingerprint density at radius 2 is 2.09 bits per heavy atom. The zero-order valence-electron chi connectivity index (χ0n) is 7.30. The largest absolute Gasteiger partial charge is 0.379 e. The molecule has 0 aromatic carbocycles. The number of rotatable bonds is 6. The normalized spacial score (nSPS) is 12.5. The third kappa shape index (κ3) is 5.90. The first-order valence-electron chi connectivity index (χ1n) is 4.00. The Labute approximate surface area is 68.9 Å². The summed E-state index contributed by atoms with van der Waals surface area (Å²) in [4.78, 5) is 0. The molecule has 0 aliphatic rings. The lowest BCUT2D eigenvalue weighted by molar-refractivity contribution is 0.0293. The van der Waals surface area contributed by atoms with E-state index in [-0.39, 0.29) is 6.10 Å². The SMILES string of the molecule is C#C[C@@H](CC)OCCOCC. The van der Waals surface area contributed by atoms with Gasteiger partial charge in [0.2, 0.25) is 0 Å². The highest BCUT2D eigenvalue weighted by molar-refractivity contribution is 4.93. The van der Waals surface area contributed by atoms with Gasteiger partial charge in [0.15, 0.2) is 0 Å². The van der Waals surface area contributed by atoms with Gasteiger partial charge in [-0.15, -0.1) is 6.42 Å². The summed E-state index contributed by atoms with van der Waals surface area (Å²) < 4.78 is 10.4. The molecule has 0 unspecified atom stereocenters. The van der Waals surface area contributed by atoms with Gasteiger partial charge in [-0.05, 0) is 13.3 Å². The van der Waals surface area contributed by atoms with Crippen LogP contribution >= 0.6 is 0 Å². The summed E-state index contributed by atoms with van der Waals surface area (Å²) in [7, 11) is 0. The van der Waals surface area contributed by atoms with Crippen LogP contribution in [-0.2, 0) is 9.47 Å². The summed E-state index contributed by atoms with van der Waals surface area (Å²) >= 11 is 0. The maximum atomic E-state index is 5.28. The van der Waals surface area contributed by atoms with Crippen LogP contribution in [0.1, 0.15) is 20.3 Å². The van der Waals surface area contributed by atoms with Gasteiger partial charge in [-0.3, -0.25) is 0 Å². The lowest BCUT2D eigenvalue weighted by Crippen LogP contribution is -2.13. The van der Waals surface area contributed by atoms with Crippen LogP contribution in [0.4, 0.5) is 0 Å². The van der Waals surface area contributed by atoms with Crippen molar-refractivity contribution in [3.63, 3.8) is 0 Å². The van der Waals surface area contributed by atoms with Crippen LogP contribution in [-0.4, -0.2) is 25.9 Å². The molecule has 64 valence electrons. The van der Waals surface area contributed by atoms with Crippen LogP contribution in [0.15, 0.2) is 0 Å². The maximum Gasteiger partial charge on any atom is 0.117 e. The third-order valence-corrected chi connectivity index (χ3v) is 1.31. The lowest BCUT2D eigenvalue weighted by atomic mass is 10.3. The minimum absolute atomic E-state index is 0.0459. The highest BCUT2D eigenvalue weighted by Crippen LogP contribution is 1.94. The van der Waals surface area contributed by atoms with Gasteiger partial charge >= 0.3 is 0 Å². The summed E-state index contributed by atoms with van der Waals surface area (Å²) in [5, 5.41) is 0. The average molecular weight is 156 g/mol. The molecule has 0 aromatic rings. The molecule has 2 heteroatoms. The predicted octanol–water partition coefficient (Wildman–Crippen LogP) is 1.45. The van der Waals surface area contributed by atoms with E-state index >= 15 is 0 Å². The van der Waals surface area contributed by atoms with E-state index < -0.39 is 0 Å². The summed E-state index contributed by atoms with van der Waals surface area (Å²) in [6.45, 7) is 5.92. The van der Waals surface area contributed by atoms with Crippen LogP contribution in [0, 0.1) is 12.3 Å². The molecule has 0 rings (SSSR count). The Morgan fingerprint density at radius 1 is 1.36 bits per heavy atom. The second-order valence-corrected chi connectivity index (χ2v) is 2.13. The van der Waals surface area contributed by atoms with Crippen molar-refractivity contribution >= 4 is 0 Å². The highest BCUT2D eigenvalue weighted by Gasteiger charge is 1.99. The monoisotopic (exact) mass is 156 g/mol. The quantitative estimate of drug-likeness (QED) is 0.428. The van der Waals surface area contributed by atoms with Crippen molar-refractivity contribution in [3.8, 4) is 12.3 Å². The molecule has 1 atom stereocenters. The molecule has 0 amide bonds. The maximum absolute atomic E-state index is 5.28. The van der Waals surface area contributed by atoms with Crippen molar-refractivity contribution in [2.24, 2.45) is 0 Å². The first-order chi connectivity index (χ1) is 5.35. The van der Waals surface area contributed by atoms with Crippen LogP contribution in [0.25, 0.3) is 0 Å². The average Bonchev–Trinajstić information content (AvgIpc) is 2.05. The minimum atomic E-state index is -0.0459. The zero-order valence-corrected chi connectivity index (χ0v) is 7.30. The number of hydrogen-bond donors (Lipinski definition) is 0. The van der Waals surface area contributed by atoms with E-state index in [4.69, 9.17) is 15.9 Å². The van der Waals surface area contributed by atoms with E-state index in [0.717, 1.165) is 13.0 Å². The molecule has 0 saturated heterocycles. The molecule has 0 N–H and O–H groups in total. The summed E-state index contributed by atoms with van der Waals surface area (Å²) in [6.07, 6.45) is 6.00. The van der Waals surface area contributed by atoms with Crippen molar-refractivity contribution in [1.29, 1.82) is 0 Å². The molecule has 0 aromatic heterocycles. The van der Waals surface area contributed by atoms with Crippen molar-refractivity contribution in [3.05, 3.63) is 0 Å². The summed E-state index contributed by atoms with van der Waals surface area (Å²) in [6, 6.07) is 0. The Kier molecular flexibility index (Phi) is 7.23. The Balaban J connectivity index is 3.16. The van der Waals surface area contributed by atoms with Crippen LogP contribution in [0.3, 0.4) is 0 Å². The summed E-state index contributed by atoms with van der Waals surface area (Å²) in [5.74, 6) is 2.55. The second-order valence-electron chi connectivity index (χ2n) is 2.13. The van der Waals surface area contributed by atoms with Gasteiger partial charge in [-0.2, -0.15) is 0 Å². The van der Waals surface area contributed by atoms with Gasteiger partial charge < -0.3 is 9.47 Å². The molecule has 0 radical (unpaired) electrons. The first kappa shape index (κ1) is 10.5. The van der Waals surface area contributed by atoms with E-state index in [9.17, 15) is 0 Å². The van der Waals surface area contributed by atoms with Gasteiger partial charge in [-0.1, -0.05) is 12.8 Å². The van der Waals surface area contributed by atoms with Crippen LogP contribution in [0.2, 0.25) is 0 Å². The highest BCUT2D eigenvalue weighted by atomic mass is 16.5. The molecule has 11 heavy (non-hydrogen) atoms. The molecular formula is C9H16O2. The molecular weight excluding hydrogens is 140 g/mol. The number of terminal acetylenes is 1. The fourth-order valence-corrected chi connectivity index (χ4v) is 0.677. The molecule has 0 bridgehead atoms. The van der Waals surface area contributed by atoms with E-state index in [1.165, 1.54) is 0 Å². The van der Waals surface area contributed by atoms with Gasteiger partial charge in [0.25, 0.3) is 0 Å². The molecule has 0 fully saturated rings. The van der Waals surface area contributed by atoms with Gasteiger partial charge in [0, 0.05) is 6.61 Å². The Morgan fingerprint density at radius 3 is 2.55 bits per heavy atom. The third-order valence-electron chi connectivity index (χ3n) is 1.31. The van der Waals surface area contributed by atoms with Crippen molar-refractivity contribution in [2.75, 3.05) is 19.8 Å². The smallest absolute Gasteiger partial charge is 0.117 e. The fraction of sp³-hybridized carbons (Fsp3) is 0.778. The second kappa shape index (κ2) is 7.59. The van der Waals surface area contributed by atoms with E-state index in [1.807, 2.05) is 13.8 Å². The van der Waals surface area contributed by atoms with Gasteiger partial charge in [-0.25, -0.2) is 0 Å². The first-order valence-corrected chi connectivity index (χ1v) is 4.00. The van der Waals surface area contributed by atoms with Crippen molar-refractivity contribution in [1.82, 2.24) is 0 Å². The number of ether oxygens (including phenoxy) is 2. The standard InChI is InChI=1S/C9H16O2/c1-4-9(5-2)11-8-7-10-6-3/h1,9H,5-8H2,2-3H3/t9-/m0/s1. The van der Waals surface area contributed by atoms with Crippen molar-refractivity contribution in [2.45, 2.75) is 26.4 Å². The van der Waals surface area contributed by atoms with Crippen LogP contribution < -0.4 is 0 Å². The molecule has 0 spiro atoms. The van der Waals surface area contributed by atoms with Crippen molar-refractivity contribution < 1.29 is 9.47 Å². The Bertz CT molecular complexity index is 115. The summed E-state index contributed by atoms with van der Waals surface area (Å²) in [5.41, 5.74) is 0. The minimum Gasteiger partial charge on any atom is -0.379 e. The predicted molar refractivity (Wildman–Crippen MR) is 45.4 cm³/mol. The molecule has 0 heterocycles. The Hall–Kier alpha value is -0.520. The fourth-order valence-electron chi connectivity index (χ4n) is 0.677.